The van der Waals surface area contributed by atoms with Crippen molar-refractivity contribution in [2.45, 2.75) is 20.6 Å². The SMILES string of the molecule is CSc1sc(C(=N)N)cc1[S+]([O-])c1cc(OCc2ccccc2)cc(-c2ccccc2)c1. The molecule has 3 aromatic carbocycles. The van der Waals surface area contributed by atoms with Gasteiger partial charge in [-0.3, -0.25) is 5.41 Å². The van der Waals surface area contributed by atoms with Gasteiger partial charge < -0.3 is 15.0 Å². The highest BCUT2D eigenvalue weighted by Crippen LogP contribution is 2.39. The molecule has 0 bridgehead atoms. The Bertz CT molecular complexity index is 1210. The number of nitrogens with one attached hydrogen (secondary N) is 1. The van der Waals surface area contributed by atoms with Gasteiger partial charge in [0.2, 0.25) is 0 Å². The molecule has 0 spiro atoms. The van der Waals surface area contributed by atoms with Crippen LogP contribution in [0.25, 0.3) is 11.1 Å². The minimum absolute atomic E-state index is 0.0153. The predicted octanol–water partition coefficient (Wildman–Crippen LogP) is 6.17. The maximum Gasteiger partial charge on any atom is 0.183 e. The predicted molar refractivity (Wildman–Crippen MR) is 134 cm³/mol. The van der Waals surface area contributed by atoms with Gasteiger partial charge in [-0.2, -0.15) is 0 Å². The van der Waals surface area contributed by atoms with E-state index >= 15 is 0 Å². The molecule has 0 saturated carbocycles. The monoisotopic (exact) mass is 478 g/mol. The van der Waals surface area contributed by atoms with E-state index in [1.165, 1.54) is 23.1 Å². The maximum absolute atomic E-state index is 13.6. The van der Waals surface area contributed by atoms with Crippen molar-refractivity contribution < 1.29 is 9.29 Å². The topological polar surface area (TPSA) is 82.2 Å². The summed E-state index contributed by atoms with van der Waals surface area (Å²) in [6.07, 6.45) is 1.94. The second-order valence-corrected chi connectivity index (χ2v) is 10.6. The van der Waals surface area contributed by atoms with Crippen LogP contribution in [0.3, 0.4) is 0 Å². The fraction of sp³-hybridized carbons (Fsp3) is 0.0800. The van der Waals surface area contributed by atoms with Crippen molar-refractivity contribution in [3.63, 3.8) is 0 Å². The van der Waals surface area contributed by atoms with E-state index in [9.17, 15) is 4.55 Å². The number of thioether (sulfide) groups is 1. The average molecular weight is 479 g/mol. The molecule has 0 radical (unpaired) electrons. The summed E-state index contributed by atoms with van der Waals surface area (Å²) in [5, 5.41) is 7.74. The van der Waals surface area contributed by atoms with Gasteiger partial charge in [-0.05, 0) is 29.0 Å². The molecule has 0 saturated heterocycles. The fourth-order valence-electron chi connectivity index (χ4n) is 3.19. The Hall–Kier alpha value is -2.71. The normalized spacial score (nSPS) is 11.8. The summed E-state index contributed by atoms with van der Waals surface area (Å²) in [6.45, 7) is 0.425. The zero-order valence-corrected chi connectivity index (χ0v) is 19.9. The molecule has 32 heavy (non-hydrogen) atoms. The molecule has 1 aromatic heterocycles. The van der Waals surface area contributed by atoms with Crippen LogP contribution in [0.5, 0.6) is 5.75 Å². The van der Waals surface area contributed by atoms with E-state index in [0.717, 1.165) is 20.9 Å². The summed E-state index contributed by atoms with van der Waals surface area (Å²) in [6, 6.07) is 27.4. The largest absolute Gasteiger partial charge is 0.606 e. The van der Waals surface area contributed by atoms with Gasteiger partial charge in [-0.25, -0.2) is 0 Å². The fourth-order valence-corrected chi connectivity index (χ4v) is 6.69. The van der Waals surface area contributed by atoms with Gasteiger partial charge in [-0.15, -0.1) is 23.1 Å². The minimum atomic E-state index is -1.44. The second-order valence-electron chi connectivity index (χ2n) is 6.98. The number of hydrogen-bond acceptors (Lipinski definition) is 5. The van der Waals surface area contributed by atoms with E-state index in [4.69, 9.17) is 15.9 Å². The van der Waals surface area contributed by atoms with Crippen LogP contribution in [0, 0.1) is 5.41 Å². The molecule has 3 N–H and O–H groups in total. The van der Waals surface area contributed by atoms with Crippen LogP contribution >= 0.6 is 23.1 Å². The highest BCUT2D eigenvalue weighted by molar-refractivity contribution is 8.01. The van der Waals surface area contributed by atoms with Gasteiger partial charge in [0.25, 0.3) is 0 Å². The number of amidine groups is 1. The molecule has 7 heteroatoms. The van der Waals surface area contributed by atoms with Gasteiger partial charge in [0.15, 0.2) is 9.79 Å². The summed E-state index contributed by atoms with van der Waals surface area (Å²) < 4.78 is 20.6. The third kappa shape index (κ3) is 5.19. The molecule has 4 aromatic rings. The molecule has 1 heterocycles. The zero-order chi connectivity index (χ0) is 22.5. The Morgan fingerprint density at radius 3 is 2.34 bits per heavy atom. The quantitative estimate of drug-likeness (QED) is 0.137. The van der Waals surface area contributed by atoms with Gasteiger partial charge in [0.05, 0.1) is 4.88 Å². The lowest BCUT2D eigenvalue weighted by molar-refractivity contribution is 0.305. The molecule has 1 unspecified atom stereocenters. The number of hydrogen-bond donors (Lipinski definition) is 2. The average Bonchev–Trinajstić information content (AvgIpc) is 3.28. The lowest BCUT2D eigenvalue weighted by atomic mass is 10.1. The summed E-state index contributed by atoms with van der Waals surface area (Å²) in [7, 11) is 0. The number of nitrogens with two attached hydrogens (primary N) is 1. The number of thiophene rings is 1. The van der Waals surface area contributed by atoms with Crippen LogP contribution < -0.4 is 10.5 Å². The molecular formula is C25H22N2O2S3. The summed E-state index contributed by atoms with van der Waals surface area (Å²) in [5.41, 5.74) is 8.70. The van der Waals surface area contributed by atoms with Gasteiger partial charge >= 0.3 is 0 Å². The van der Waals surface area contributed by atoms with Gasteiger partial charge in [-0.1, -0.05) is 60.7 Å². The maximum atomic E-state index is 13.6. The van der Waals surface area contributed by atoms with Crippen LogP contribution in [0.15, 0.2) is 98.9 Å². The number of benzene rings is 3. The molecule has 4 rings (SSSR count). The third-order valence-electron chi connectivity index (χ3n) is 4.77. The van der Waals surface area contributed by atoms with Crippen LogP contribution in [-0.2, 0) is 17.8 Å². The lowest BCUT2D eigenvalue weighted by Crippen LogP contribution is -2.09. The van der Waals surface area contributed by atoms with Crippen LogP contribution in [-0.4, -0.2) is 16.6 Å². The van der Waals surface area contributed by atoms with Crippen molar-refractivity contribution in [3.8, 4) is 16.9 Å². The number of ether oxygens (including phenoxy) is 1. The van der Waals surface area contributed by atoms with Crippen molar-refractivity contribution >= 4 is 40.1 Å². The molecule has 1 atom stereocenters. The Morgan fingerprint density at radius 1 is 1.00 bits per heavy atom. The third-order valence-corrected chi connectivity index (χ3v) is 8.71. The van der Waals surface area contributed by atoms with E-state index in [2.05, 4.69) is 0 Å². The van der Waals surface area contributed by atoms with E-state index in [1.807, 2.05) is 85.1 Å². The molecule has 0 aliphatic heterocycles. The van der Waals surface area contributed by atoms with Crippen LogP contribution in [0.4, 0.5) is 0 Å². The highest BCUT2D eigenvalue weighted by atomic mass is 32.2. The second kappa shape index (κ2) is 10.3. The van der Waals surface area contributed by atoms with Crippen molar-refractivity contribution in [1.29, 1.82) is 5.41 Å². The molecule has 4 nitrogen and oxygen atoms in total. The van der Waals surface area contributed by atoms with Gasteiger partial charge in [0, 0.05) is 29.4 Å². The van der Waals surface area contributed by atoms with Crippen molar-refractivity contribution in [2.24, 2.45) is 5.73 Å². The Balaban J connectivity index is 1.72. The minimum Gasteiger partial charge on any atom is -0.606 e. The van der Waals surface area contributed by atoms with Crippen molar-refractivity contribution in [3.05, 3.63) is 95.4 Å². The first-order valence-electron chi connectivity index (χ1n) is 9.86. The van der Waals surface area contributed by atoms with E-state index in [-0.39, 0.29) is 5.84 Å². The first-order chi connectivity index (χ1) is 15.5. The molecule has 0 aliphatic carbocycles. The molecule has 0 aliphatic rings. The standard InChI is InChI=1S/C25H22N2O2S3/c1-30-25-23(15-22(31-25)24(26)27)32(28)21-13-19(18-10-6-3-7-11-18)12-20(14-21)29-16-17-8-4-2-5-9-17/h2-15H,16H2,1H3,(H3,26,27). The molecule has 162 valence electrons. The van der Waals surface area contributed by atoms with Crippen molar-refractivity contribution in [1.82, 2.24) is 0 Å². The highest BCUT2D eigenvalue weighted by Gasteiger charge is 2.25. The summed E-state index contributed by atoms with van der Waals surface area (Å²) in [4.78, 5) is 1.95. The Morgan fingerprint density at radius 2 is 1.69 bits per heavy atom. The van der Waals surface area contributed by atoms with Crippen LogP contribution in [0.2, 0.25) is 0 Å². The molecule has 0 amide bonds. The Labute approximate surface area is 199 Å². The van der Waals surface area contributed by atoms with Gasteiger partial charge in [0.1, 0.15) is 22.4 Å². The number of nitrogen functional groups attached to an aromatic ring is 1. The smallest absolute Gasteiger partial charge is 0.183 e. The van der Waals surface area contributed by atoms with E-state index < -0.39 is 11.2 Å². The summed E-state index contributed by atoms with van der Waals surface area (Å²) >= 11 is 1.46. The number of rotatable bonds is 8. The first kappa shape index (κ1) is 22.5. The van der Waals surface area contributed by atoms with Crippen molar-refractivity contribution in [2.75, 3.05) is 6.26 Å². The molecular weight excluding hydrogens is 456 g/mol. The van der Waals surface area contributed by atoms with E-state index in [0.29, 0.717) is 27.0 Å². The first-order valence-corrected chi connectivity index (χ1v) is 13.1. The van der Waals surface area contributed by atoms with E-state index in [1.54, 1.807) is 6.07 Å². The summed E-state index contributed by atoms with van der Waals surface area (Å²) in [5.74, 6) is 0.643. The zero-order valence-electron chi connectivity index (χ0n) is 17.4. The molecule has 0 fully saturated rings. The Kier molecular flexibility index (Phi) is 7.22. The lowest BCUT2D eigenvalue weighted by Gasteiger charge is -2.14. The van der Waals surface area contributed by atoms with Crippen LogP contribution in [0.1, 0.15) is 10.4 Å².